The SMILES string of the molecule is C/N=C(/CC1=CCCC=C1)C(N)=NOCCO. The number of aliphatic hydroxyl groups is 1. The van der Waals surface area contributed by atoms with Crippen LogP contribution in [0.4, 0.5) is 0 Å². The van der Waals surface area contributed by atoms with E-state index in [0.29, 0.717) is 12.1 Å². The Morgan fingerprint density at radius 1 is 1.53 bits per heavy atom. The van der Waals surface area contributed by atoms with Gasteiger partial charge in [-0.2, -0.15) is 0 Å². The number of oxime groups is 1. The van der Waals surface area contributed by atoms with Crippen LogP contribution in [0.2, 0.25) is 0 Å². The fraction of sp³-hybridized carbons (Fsp3) is 0.500. The molecule has 0 aromatic carbocycles. The Kier molecular flexibility index (Phi) is 6.03. The summed E-state index contributed by atoms with van der Waals surface area (Å²) in [6.07, 6.45) is 9.19. The molecular weight excluding hydrogens is 218 g/mol. The summed E-state index contributed by atoms with van der Waals surface area (Å²) in [4.78, 5) is 8.92. The Hall–Kier alpha value is -1.62. The van der Waals surface area contributed by atoms with Gasteiger partial charge in [0.1, 0.15) is 6.61 Å². The van der Waals surface area contributed by atoms with Gasteiger partial charge in [0.05, 0.1) is 12.3 Å². The molecule has 5 nitrogen and oxygen atoms in total. The molecule has 0 saturated heterocycles. The average Bonchev–Trinajstić information content (AvgIpc) is 2.37. The number of hydrogen-bond donors (Lipinski definition) is 2. The van der Waals surface area contributed by atoms with Gasteiger partial charge >= 0.3 is 0 Å². The zero-order chi connectivity index (χ0) is 12.5. The van der Waals surface area contributed by atoms with Crippen molar-refractivity contribution in [2.75, 3.05) is 20.3 Å². The Morgan fingerprint density at radius 3 is 2.94 bits per heavy atom. The average molecular weight is 237 g/mol. The third kappa shape index (κ3) is 4.82. The molecule has 0 aromatic heterocycles. The third-order valence-electron chi connectivity index (χ3n) is 2.35. The monoisotopic (exact) mass is 237 g/mol. The Balaban J connectivity index is 2.56. The quantitative estimate of drug-likeness (QED) is 0.313. The van der Waals surface area contributed by atoms with E-state index < -0.39 is 0 Å². The lowest BCUT2D eigenvalue weighted by molar-refractivity contribution is 0.0988. The van der Waals surface area contributed by atoms with Crippen LogP contribution in [0.15, 0.2) is 33.9 Å². The fourth-order valence-electron chi connectivity index (χ4n) is 1.49. The zero-order valence-corrected chi connectivity index (χ0v) is 10.1. The van der Waals surface area contributed by atoms with Crippen molar-refractivity contribution in [3.8, 4) is 0 Å². The lowest BCUT2D eigenvalue weighted by Gasteiger charge is -2.08. The number of nitrogens with zero attached hydrogens (tertiary/aromatic N) is 2. The standard InChI is InChI=1S/C12H19N3O2/c1-14-11(12(13)15-17-8-7-16)9-10-5-3-2-4-6-10/h3,5-6,16H,2,4,7-9H2,1H3,(H2,13,15)/b14-11-. The summed E-state index contributed by atoms with van der Waals surface area (Å²) in [5.41, 5.74) is 7.63. The van der Waals surface area contributed by atoms with Gasteiger partial charge < -0.3 is 15.7 Å². The number of amidine groups is 1. The van der Waals surface area contributed by atoms with Crippen molar-refractivity contribution in [1.29, 1.82) is 0 Å². The van der Waals surface area contributed by atoms with Crippen LogP contribution >= 0.6 is 0 Å². The topological polar surface area (TPSA) is 80.2 Å². The van der Waals surface area contributed by atoms with Crippen molar-refractivity contribution in [3.63, 3.8) is 0 Å². The summed E-state index contributed by atoms with van der Waals surface area (Å²) in [7, 11) is 1.68. The van der Waals surface area contributed by atoms with Gasteiger partial charge in [0, 0.05) is 13.5 Å². The van der Waals surface area contributed by atoms with E-state index in [-0.39, 0.29) is 19.0 Å². The van der Waals surface area contributed by atoms with E-state index in [0.717, 1.165) is 12.8 Å². The molecule has 0 saturated carbocycles. The first kappa shape index (κ1) is 13.4. The molecule has 0 fully saturated rings. The summed E-state index contributed by atoms with van der Waals surface area (Å²) in [5, 5.41) is 12.3. The maximum absolute atomic E-state index is 8.55. The van der Waals surface area contributed by atoms with Crippen LogP contribution in [0.5, 0.6) is 0 Å². The first-order valence-electron chi connectivity index (χ1n) is 5.65. The Bertz CT molecular complexity index is 357. The van der Waals surface area contributed by atoms with Crippen molar-refractivity contribution >= 4 is 11.5 Å². The van der Waals surface area contributed by atoms with Crippen molar-refractivity contribution < 1.29 is 9.94 Å². The van der Waals surface area contributed by atoms with E-state index in [9.17, 15) is 0 Å². The zero-order valence-electron chi connectivity index (χ0n) is 10.1. The number of rotatable bonds is 6. The van der Waals surface area contributed by atoms with Gasteiger partial charge in [0.25, 0.3) is 0 Å². The largest absolute Gasteiger partial charge is 0.393 e. The lowest BCUT2D eigenvalue weighted by atomic mass is 10.0. The molecule has 0 atom stereocenters. The van der Waals surface area contributed by atoms with Crippen LogP contribution in [-0.2, 0) is 4.84 Å². The predicted octanol–water partition coefficient (Wildman–Crippen LogP) is 1.00. The minimum Gasteiger partial charge on any atom is -0.393 e. The lowest BCUT2D eigenvalue weighted by Crippen LogP contribution is -2.25. The number of aliphatic hydroxyl groups excluding tert-OH is 1. The second-order valence-corrected chi connectivity index (χ2v) is 3.64. The first-order chi connectivity index (χ1) is 8.27. The minimum atomic E-state index is -0.0801. The van der Waals surface area contributed by atoms with E-state index in [2.05, 4.69) is 28.4 Å². The molecule has 94 valence electrons. The van der Waals surface area contributed by atoms with Crippen molar-refractivity contribution in [1.82, 2.24) is 0 Å². The van der Waals surface area contributed by atoms with Crippen LogP contribution in [0, 0.1) is 0 Å². The highest BCUT2D eigenvalue weighted by molar-refractivity contribution is 6.41. The van der Waals surface area contributed by atoms with E-state index in [4.69, 9.17) is 15.7 Å². The molecule has 0 aromatic rings. The van der Waals surface area contributed by atoms with E-state index in [1.54, 1.807) is 7.05 Å². The Labute approximate surface area is 101 Å². The molecular formula is C12H19N3O2. The summed E-state index contributed by atoms with van der Waals surface area (Å²) in [5.74, 6) is 0.265. The van der Waals surface area contributed by atoms with Gasteiger partial charge in [-0.05, 0) is 18.4 Å². The number of nitrogens with two attached hydrogens (primary N) is 1. The Morgan fingerprint density at radius 2 is 2.35 bits per heavy atom. The highest BCUT2D eigenvalue weighted by atomic mass is 16.6. The number of aliphatic imine (C=N–C) groups is 1. The smallest absolute Gasteiger partial charge is 0.184 e. The maximum atomic E-state index is 8.55. The van der Waals surface area contributed by atoms with Crippen LogP contribution < -0.4 is 5.73 Å². The molecule has 1 aliphatic carbocycles. The third-order valence-corrected chi connectivity index (χ3v) is 2.35. The summed E-state index contributed by atoms with van der Waals surface area (Å²) < 4.78 is 0. The predicted molar refractivity (Wildman–Crippen MR) is 69.1 cm³/mol. The van der Waals surface area contributed by atoms with Crippen molar-refractivity contribution in [3.05, 3.63) is 23.8 Å². The van der Waals surface area contributed by atoms with Crippen LogP contribution in [-0.4, -0.2) is 36.9 Å². The van der Waals surface area contributed by atoms with Crippen LogP contribution in [0.25, 0.3) is 0 Å². The normalized spacial score (nSPS) is 16.9. The van der Waals surface area contributed by atoms with Gasteiger partial charge in [0.15, 0.2) is 5.84 Å². The molecule has 1 rings (SSSR count). The second kappa shape index (κ2) is 7.62. The highest BCUT2D eigenvalue weighted by Gasteiger charge is 2.08. The molecule has 0 unspecified atom stereocenters. The van der Waals surface area contributed by atoms with Gasteiger partial charge in [-0.25, -0.2) is 0 Å². The molecule has 0 amide bonds. The van der Waals surface area contributed by atoms with Gasteiger partial charge in [-0.15, -0.1) is 0 Å². The van der Waals surface area contributed by atoms with Gasteiger partial charge in [0.2, 0.25) is 0 Å². The van der Waals surface area contributed by atoms with E-state index >= 15 is 0 Å². The van der Waals surface area contributed by atoms with Crippen LogP contribution in [0.1, 0.15) is 19.3 Å². The van der Waals surface area contributed by atoms with Crippen molar-refractivity contribution in [2.24, 2.45) is 15.9 Å². The number of hydrogen-bond acceptors (Lipinski definition) is 4. The first-order valence-corrected chi connectivity index (χ1v) is 5.65. The maximum Gasteiger partial charge on any atom is 0.184 e. The van der Waals surface area contributed by atoms with E-state index in [1.165, 1.54) is 5.57 Å². The molecule has 1 aliphatic rings. The molecule has 0 radical (unpaired) electrons. The van der Waals surface area contributed by atoms with Gasteiger partial charge in [-0.3, -0.25) is 4.99 Å². The highest BCUT2D eigenvalue weighted by Crippen LogP contribution is 2.13. The molecule has 0 aliphatic heterocycles. The van der Waals surface area contributed by atoms with Crippen LogP contribution in [0.3, 0.4) is 0 Å². The summed E-state index contributed by atoms with van der Waals surface area (Å²) >= 11 is 0. The van der Waals surface area contributed by atoms with E-state index in [1.807, 2.05) is 0 Å². The summed E-state index contributed by atoms with van der Waals surface area (Å²) in [6, 6.07) is 0. The number of allylic oxidation sites excluding steroid dienone is 4. The minimum absolute atomic E-state index is 0.0801. The molecule has 0 heterocycles. The fourth-order valence-corrected chi connectivity index (χ4v) is 1.49. The molecule has 3 N–H and O–H groups in total. The molecule has 0 bridgehead atoms. The molecule has 0 spiro atoms. The summed E-state index contributed by atoms with van der Waals surface area (Å²) in [6.45, 7) is 0.0591. The molecule has 17 heavy (non-hydrogen) atoms. The van der Waals surface area contributed by atoms with Crippen molar-refractivity contribution in [2.45, 2.75) is 19.3 Å². The molecule has 5 heteroatoms. The second-order valence-electron chi connectivity index (χ2n) is 3.64. The van der Waals surface area contributed by atoms with Gasteiger partial charge in [-0.1, -0.05) is 23.4 Å².